The molecule has 0 N–H and O–H groups in total. The Balaban J connectivity index is 1.53. The number of rotatable bonds is 8. The highest BCUT2D eigenvalue weighted by atomic mass is 35.5. The summed E-state index contributed by atoms with van der Waals surface area (Å²) in [5, 5.41) is 0.649. The number of para-hydroxylation sites is 1. The number of Topliss-reactive ketones (excluding diaryl/α,β-unsaturated/α-hetero) is 1. The average Bonchev–Trinajstić information content (AvgIpc) is 2.96. The number of hydrogen-bond donors (Lipinski definition) is 0. The predicted molar refractivity (Wildman–Crippen MR) is 155 cm³/mol. The Morgan fingerprint density at radius 1 is 0.950 bits per heavy atom. The van der Waals surface area contributed by atoms with Gasteiger partial charge in [0.15, 0.2) is 17.3 Å². The van der Waals surface area contributed by atoms with Gasteiger partial charge in [-0.15, -0.1) is 0 Å². The summed E-state index contributed by atoms with van der Waals surface area (Å²) in [6.45, 7) is 2.07. The summed E-state index contributed by atoms with van der Waals surface area (Å²) >= 11 is 6.10. The number of aliphatic imine (C=N–C) groups is 1. The quantitative estimate of drug-likeness (QED) is 0.287. The fraction of sp³-hybridized carbons (Fsp3) is 0.303. The van der Waals surface area contributed by atoms with Crippen molar-refractivity contribution in [2.75, 3.05) is 20.8 Å². The largest absolute Gasteiger partial charge is 0.493 e. The zero-order valence-electron chi connectivity index (χ0n) is 22.9. The van der Waals surface area contributed by atoms with E-state index in [1.807, 2.05) is 73.7 Å². The van der Waals surface area contributed by atoms with Gasteiger partial charge in [-0.3, -0.25) is 14.6 Å². The lowest BCUT2D eigenvalue weighted by atomic mass is 9.69. The smallest absolute Gasteiger partial charge is 0.315 e. The van der Waals surface area contributed by atoms with E-state index in [1.165, 1.54) is 0 Å². The summed E-state index contributed by atoms with van der Waals surface area (Å²) in [5.74, 6) is -0.831. The lowest BCUT2D eigenvalue weighted by molar-refractivity contribution is -0.146. The molecule has 2 aliphatic rings. The highest BCUT2D eigenvalue weighted by molar-refractivity contribution is 6.30. The number of methoxy groups -OCH3 is 2. The third-order valence-corrected chi connectivity index (χ3v) is 7.98. The number of ether oxygens (including phenoxy) is 3. The molecule has 0 fully saturated rings. The molecule has 1 unspecified atom stereocenters. The number of allylic oxidation sites excluding steroid dienone is 2. The van der Waals surface area contributed by atoms with Gasteiger partial charge in [-0.1, -0.05) is 66.2 Å². The third-order valence-electron chi connectivity index (χ3n) is 7.73. The summed E-state index contributed by atoms with van der Waals surface area (Å²) in [6, 6.07) is 23.0. The number of carbonyl (C=O) groups excluding carboxylic acids is 2. The number of hydrogen-bond acceptors (Lipinski definition) is 6. The Bertz CT molecular complexity index is 1460. The van der Waals surface area contributed by atoms with Gasteiger partial charge in [0.1, 0.15) is 5.92 Å². The van der Waals surface area contributed by atoms with Crippen molar-refractivity contribution in [3.8, 4) is 11.5 Å². The molecule has 206 valence electrons. The topological polar surface area (TPSA) is 74.2 Å². The van der Waals surface area contributed by atoms with Crippen molar-refractivity contribution in [1.82, 2.24) is 0 Å². The Hall–Kier alpha value is -3.90. The van der Waals surface area contributed by atoms with E-state index < -0.39 is 17.8 Å². The molecule has 3 aromatic carbocycles. The van der Waals surface area contributed by atoms with E-state index in [1.54, 1.807) is 20.3 Å². The Labute approximate surface area is 239 Å². The van der Waals surface area contributed by atoms with Gasteiger partial charge in [0.05, 0.1) is 20.8 Å². The van der Waals surface area contributed by atoms with Crippen molar-refractivity contribution in [2.24, 2.45) is 10.9 Å². The molecular weight excluding hydrogens is 526 g/mol. The van der Waals surface area contributed by atoms with E-state index in [9.17, 15) is 9.59 Å². The Morgan fingerprint density at radius 2 is 1.70 bits per heavy atom. The van der Waals surface area contributed by atoms with Crippen LogP contribution in [0.1, 0.15) is 48.3 Å². The van der Waals surface area contributed by atoms with Gasteiger partial charge in [0.25, 0.3) is 0 Å². The van der Waals surface area contributed by atoms with E-state index in [0.717, 1.165) is 11.1 Å². The minimum absolute atomic E-state index is 0.0257. The predicted octanol–water partition coefficient (Wildman–Crippen LogP) is 6.72. The van der Waals surface area contributed by atoms with Crippen molar-refractivity contribution in [3.63, 3.8) is 0 Å². The number of esters is 1. The molecule has 5 rings (SSSR count). The number of ketones is 1. The second kappa shape index (κ2) is 12.1. The molecule has 1 aliphatic carbocycles. The van der Waals surface area contributed by atoms with E-state index in [0.29, 0.717) is 58.3 Å². The van der Waals surface area contributed by atoms with Crippen molar-refractivity contribution in [1.29, 1.82) is 0 Å². The zero-order chi connectivity index (χ0) is 28.2. The van der Waals surface area contributed by atoms with Crippen molar-refractivity contribution >= 4 is 29.1 Å². The molecule has 0 saturated heterocycles. The van der Waals surface area contributed by atoms with Crippen LogP contribution in [0.4, 0.5) is 0 Å². The van der Waals surface area contributed by atoms with Crippen LogP contribution in [0.2, 0.25) is 5.02 Å². The molecule has 3 aromatic rings. The van der Waals surface area contributed by atoms with Gasteiger partial charge >= 0.3 is 5.97 Å². The molecule has 3 atom stereocenters. The summed E-state index contributed by atoms with van der Waals surface area (Å²) in [6.07, 6.45) is 1.49. The molecule has 6 nitrogen and oxygen atoms in total. The van der Waals surface area contributed by atoms with E-state index in [4.69, 9.17) is 30.8 Å². The highest BCUT2D eigenvalue weighted by Crippen LogP contribution is 2.50. The van der Waals surface area contributed by atoms with E-state index in [2.05, 4.69) is 0 Å². The number of benzene rings is 3. The van der Waals surface area contributed by atoms with Crippen LogP contribution in [-0.2, 0) is 20.7 Å². The van der Waals surface area contributed by atoms with E-state index >= 15 is 0 Å². The first kappa shape index (κ1) is 27.7. The molecule has 0 bridgehead atoms. The second-order valence-electron chi connectivity index (χ2n) is 10.1. The standard InChI is InChI=1S/C33H32ClNO5/c1-20-29(33(37)40-17-16-21-8-5-4-6-9-21)30(25-10-7-11-28(38-2)32(25)39-3)31-26(35-20)18-23(19-27(31)36)22-12-14-24(34)15-13-22/h4-15,23,29-30H,16-19H2,1-3H3/t23-,29?,30+/m1/s1. The average molecular weight is 558 g/mol. The molecule has 0 aromatic heterocycles. The van der Waals surface area contributed by atoms with Crippen LogP contribution in [-0.4, -0.2) is 38.3 Å². The summed E-state index contributed by atoms with van der Waals surface area (Å²) in [4.78, 5) is 32.5. The van der Waals surface area contributed by atoms with Gasteiger partial charge in [-0.05, 0) is 48.6 Å². The van der Waals surface area contributed by atoms with Gasteiger partial charge in [-0.2, -0.15) is 0 Å². The van der Waals surface area contributed by atoms with E-state index in [-0.39, 0.29) is 18.3 Å². The highest BCUT2D eigenvalue weighted by Gasteiger charge is 2.46. The summed E-state index contributed by atoms with van der Waals surface area (Å²) < 4.78 is 17.2. The van der Waals surface area contributed by atoms with Crippen LogP contribution in [0.3, 0.4) is 0 Å². The molecule has 0 amide bonds. The molecule has 7 heteroatoms. The van der Waals surface area contributed by atoms with Crippen molar-refractivity contribution < 1.29 is 23.8 Å². The van der Waals surface area contributed by atoms with Crippen LogP contribution >= 0.6 is 11.6 Å². The van der Waals surface area contributed by atoms with Gasteiger partial charge < -0.3 is 14.2 Å². The summed E-state index contributed by atoms with van der Waals surface area (Å²) in [7, 11) is 3.13. The van der Waals surface area contributed by atoms with Crippen LogP contribution in [0.25, 0.3) is 0 Å². The van der Waals surface area contributed by atoms with Crippen LogP contribution < -0.4 is 9.47 Å². The van der Waals surface area contributed by atoms with Crippen LogP contribution in [0.15, 0.2) is 89.1 Å². The molecular formula is C33H32ClNO5. The first-order chi connectivity index (χ1) is 19.4. The number of nitrogens with zero attached hydrogens (tertiary/aromatic N) is 1. The first-order valence-corrected chi connectivity index (χ1v) is 13.8. The minimum atomic E-state index is -0.772. The maximum absolute atomic E-state index is 13.9. The molecule has 1 aliphatic heterocycles. The number of carbonyl (C=O) groups is 2. The van der Waals surface area contributed by atoms with Crippen LogP contribution in [0.5, 0.6) is 11.5 Å². The maximum Gasteiger partial charge on any atom is 0.315 e. The monoisotopic (exact) mass is 557 g/mol. The first-order valence-electron chi connectivity index (χ1n) is 13.4. The Kier molecular flexibility index (Phi) is 8.36. The molecule has 0 saturated carbocycles. The van der Waals surface area contributed by atoms with Gasteiger partial charge in [0.2, 0.25) is 0 Å². The molecule has 0 radical (unpaired) electrons. The SMILES string of the molecule is COc1cccc([C@@H]2C3=C(C[C@@H](c4ccc(Cl)cc4)CC3=O)N=C(C)C2C(=O)OCCc2ccccc2)c1OC. The fourth-order valence-electron chi connectivity index (χ4n) is 5.83. The maximum atomic E-state index is 13.9. The lowest BCUT2D eigenvalue weighted by Gasteiger charge is -2.37. The van der Waals surface area contributed by atoms with Crippen molar-refractivity contribution in [2.45, 2.75) is 38.0 Å². The molecule has 40 heavy (non-hydrogen) atoms. The fourth-order valence-corrected chi connectivity index (χ4v) is 5.96. The minimum Gasteiger partial charge on any atom is -0.493 e. The summed E-state index contributed by atoms with van der Waals surface area (Å²) in [5.41, 5.74) is 4.69. The lowest BCUT2D eigenvalue weighted by Crippen LogP contribution is -2.38. The molecule has 0 spiro atoms. The second-order valence-corrected chi connectivity index (χ2v) is 10.6. The van der Waals surface area contributed by atoms with Crippen molar-refractivity contribution in [3.05, 3.63) is 106 Å². The molecule has 1 heterocycles. The van der Waals surface area contributed by atoms with Gasteiger partial charge in [-0.25, -0.2) is 0 Å². The zero-order valence-corrected chi connectivity index (χ0v) is 23.6. The third kappa shape index (κ3) is 5.54. The Morgan fingerprint density at radius 3 is 2.40 bits per heavy atom. The normalized spacial score (nSPS) is 20.4. The van der Waals surface area contributed by atoms with Gasteiger partial charge in [0, 0.05) is 46.3 Å². The number of halogens is 1. The van der Waals surface area contributed by atoms with Crippen LogP contribution in [0, 0.1) is 5.92 Å².